The molecule has 7 heteroatoms. The quantitative estimate of drug-likeness (QED) is 0.502. The first-order valence-corrected chi connectivity index (χ1v) is 6.22. The van der Waals surface area contributed by atoms with Crippen LogP contribution in [0.1, 0.15) is 5.56 Å². The Morgan fingerprint density at radius 1 is 1.33 bits per heavy atom. The third-order valence-corrected chi connectivity index (χ3v) is 3.07. The lowest BCUT2D eigenvalue weighted by Crippen LogP contribution is -2.19. The van der Waals surface area contributed by atoms with E-state index in [0.29, 0.717) is 12.2 Å². The molecule has 2 aromatic rings. The molecule has 0 atom stereocenters. The zero-order valence-electron chi connectivity index (χ0n) is 11.4. The first kappa shape index (κ1) is 14.7. The number of hydrazine groups is 1. The van der Waals surface area contributed by atoms with E-state index in [1.165, 1.54) is 18.2 Å². The number of hydrogen-bond acceptors (Lipinski definition) is 5. The van der Waals surface area contributed by atoms with Crippen molar-refractivity contribution in [2.45, 2.75) is 6.54 Å². The van der Waals surface area contributed by atoms with Gasteiger partial charge in [0.15, 0.2) is 0 Å². The number of anilines is 2. The van der Waals surface area contributed by atoms with Gasteiger partial charge in [0, 0.05) is 13.6 Å². The van der Waals surface area contributed by atoms with Crippen LogP contribution in [0.4, 0.5) is 21.5 Å². The molecule has 0 radical (unpaired) electrons. The van der Waals surface area contributed by atoms with Gasteiger partial charge in [-0.3, -0.25) is 16.0 Å². The van der Waals surface area contributed by atoms with Crippen molar-refractivity contribution in [2.75, 3.05) is 17.4 Å². The van der Waals surface area contributed by atoms with Gasteiger partial charge < -0.3 is 10.3 Å². The molecular weight excluding hydrogens is 275 g/mol. The fraction of sp³-hybridized carbons (Fsp3) is 0.143. The lowest BCUT2D eigenvalue weighted by atomic mass is 10.1. The zero-order valence-corrected chi connectivity index (χ0v) is 11.4. The third-order valence-electron chi connectivity index (χ3n) is 3.07. The molecule has 0 heterocycles. The van der Waals surface area contributed by atoms with Crippen molar-refractivity contribution in [1.29, 1.82) is 0 Å². The van der Waals surface area contributed by atoms with E-state index in [-0.39, 0.29) is 17.2 Å². The molecule has 0 aliphatic rings. The lowest BCUT2D eigenvalue weighted by molar-refractivity contribution is -0.383. The number of nitrogens with two attached hydrogens (primary N) is 1. The minimum Gasteiger partial charge on any atom is -0.365 e. The van der Waals surface area contributed by atoms with E-state index >= 15 is 0 Å². The Labute approximate surface area is 121 Å². The first-order chi connectivity index (χ1) is 10.0. The summed E-state index contributed by atoms with van der Waals surface area (Å²) in [5, 5.41) is 11.2. The van der Waals surface area contributed by atoms with Crippen molar-refractivity contribution in [1.82, 2.24) is 0 Å². The van der Waals surface area contributed by atoms with Gasteiger partial charge in [0.1, 0.15) is 17.2 Å². The fourth-order valence-corrected chi connectivity index (χ4v) is 2.14. The molecule has 0 unspecified atom stereocenters. The van der Waals surface area contributed by atoms with Crippen molar-refractivity contribution >= 4 is 17.1 Å². The number of nitrogen functional groups attached to an aromatic ring is 1. The standard InChI is InChI=1S/C14H15FN4O2/c1-18(9-10-4-2-5-11(15)8-10)13-7-3-6-12(17-16)14(13)19(20)21/h2-8,17H,9,16H2,1H3. The summed E-state index contributed by atoms with van der Waals surface area (Å²) in [5.41, 5.74) is 3.55. The number of nitro benzene ring substituents is 1. The predicted molar refractivity (Wildman–Crippen MR) is 79.4 cm³/mol. The van der Waals surface area contributed by atoms with E-state index in [4.69, 9.17) is 5.84 Å². The minimum atomic E-state index is -0.493. The van der Waals surface area contributed by atoms with Gasteiger partial charge >= 0.3 is 5.69 Å². The summed E-state index contributed by atoms with van der Waals surface area (Å²) >= 11 is 0. The Kier molecular flexibility index (Phi) is 4.34. The smallest absolute Gasteiger partial charge is 0.316 e. The van der Waals surface area contributed by atoms with Gasteiger partial charge in [-0.05, 0) is 29.8 Å². The summed E-state index contributed by atoms with van der Waals surface area (Å²) in [7, 11) is 1.70. The average Bonchev–Trinajstić information content (AvgIpc) is 2.46. The zero-order chi connectivity index (χ0) is 15.4. The van der Waals surface area contributed by atoms with Crippen molar-refractivity contribution in [3.63, 3.8) is 0 Å². The number of halogens is 1. The summed E-state index contributed by atoms with van der Waals surface area (Å²) in [6.07, 6.45) is 0. The van der Waals surface area contributed by atoms with Crippen LogP contribution in [-0.2, 0) is 6.54 Å². The highest BCUT2D eigenvalue weighted by Gasteiger charge is 2.21. The fourth-order valence-electron chi connectivity index (χ4n) is 2.14. The van der Waals surface area contributed by atoms with E-state index in [0.717, 1.165) is 5.56 Å². The van der Waals surface area contributed by atoms with E-state index in [1.54, 1.807) is 36.2 Å². The van der Waals surface area contributed by atoms with E-state index < -0.39 is 4.92 Å². The molecule has 2 rings (SSSR count). The van der Waals surface area contributed by atoms with Gasteiger partial charge in [-0.2, -0.15) is 0 Å². The highest BCUT2D eigenvalue weighted by atomic mass is 19.1. The molecule has 3 N–H and O–H groups in total. The summed E-state index contributed by atoms with van der Waals surface area (Å²) in [4.78, 5) is 12.4. The molecule has 0 fully saturated rings. The van der Waals surface area contributed by atoms with Gasteiger partial charge in [0.25, 0.3) is 0 Å². The van der Waals surface area contributed by atoms with Crippen LogP contribution >= 0.6 is 0 Å². The minimum absolute atomic E-state index is 0.112. The van der Waals surface area contributed by atoms with Gasteiger partial charge in [0.2, 0.25) is 0 Å². The van der Waals surface area contributed by atoms with E-state index in [9.17, 15) is 14.5 Å². The molecule has 6 nitrogen and oxygen atoms in total. The third kappa shape index (κ3) is 3.26. The number of hydrogen-bond donors (Lipinski definition) is 2. The second-order valence-corrected chi connectivity index (χ2v) is 4.56. The monoisotopic (exact) mass is 290 g/mol. The number of nitrogens with one attached hydrogen (secondary N) is 1. The van der Waals surface area contributed by atoms with Crippen LogP contribution < -0.4 is 16.2 Å². The van der Waals surface area contributed by atoms with Crippen molar-refractivity contribution < 1.29 is 9.31 Å². The molecule has 0 aliphatic heterocycles. The van der Waals surface area contributed by atoms with Crippen LogP contribution in [-0.4, -0.2) is 12.0 Å². The summed E-state index contributed by atoms with van der Waals surface area (Å²) in [5.74, 6) is 4.97. The summed E-state index contributed by atoms with van der Waals surface area (Å²) in [6, 6.07) is 10.9. The Balaban J connectivity index is 2.35. The van der Waals surface area contributed by atoms with Gasteiger partial charge in [-0.15, -0.1) is 0 Å². The molecule has 0 saturated carbocycles. The highest BCUT2D eigenvalue weighted by molar-refractivity contribution is 5.76. The van der Waals surface area contributed by atoms with E-state index in [2.05, 4.69) is 5.43 Å². The Bertz CT molecular complexity index is 663. The van der Waals surface area contributed by atoms with Gasteiger partial charge in [0.05, 0.1) is 4.92 Å². The molecule has 0 aliphatic carbocycles. The normalized spacial score (nSPS) is 10.2. The van der Waals surface area contributed by atoms with Crippen LogP contribution in [0.5, 0.6) is 0 Å². The van der Waals surface area contributed by atoms with Crippen LogP contribution in [0.3, 0.4) is 0 Å². The Morgan fingerprint density at radius 3 is 2.67 bits per heavy atom. The molecule has 21 heavy (non-hydrogen) atoms. The molecule has 0 amide bonds. The van der Waals surface area contributed by atoms with Gasteiger partial charge in [-0.1, -0.05) is 18.2 Å². The van der Waals surface area contributed by atoms with Gasteiger partial charge in [-0.25, -0.2) is 4.39 Å². The molecule has 110 valence electrons. The van der Waals surface area contributed by atoms with Crippen molar-refractivity contribution in [2.24, 2.45) is 5.84 Å². The maximum atomic E-state index is 13.2. The summed E-state index contributed by atoms with van der Waals surface area (Å²) in [6.45, 7) is 0.340. The average molecular weight is 290 g/mol. The number of rotatable bonds is 5. The maximum Gasteiger partial charge on any atom is 0.316 e. The SMILES string of the molecule is CN(Cc1cccc(F)c1)c1cccc(NN)c1[N+](=O)[O-]. The highest BCUT2D eigenvalue weighted by Crippen LogP contribution is 2.34. The largest absolute Gasteiger partial charge is 0.365 e. The Hall–Kier alpha value is -2.67. The van der Waals surface area contributed by atoms with Crippen LogP contribution in [0.15, 0.2) is 42.5 Å². The first-order valence-electron chi connectivity index (χ1n) is 6.22. The second kappa shape index (κ2) is 6.19. The topological polar surface area (TPSA) is 84.4 Å². The molecule has 0 spiro atoms. The molecule has 0 aromatic heterocycles. The number of nitrogens with zero attached hydrogens (tertiary/aromatic N) is 2. The number of benzene rings is 2. The maximum absolute atomic E-state index is 13.2. The number of para-hydroxylation sites is 1. The predicted octanol–water partition coefficient (Wildman–Crippen LogP) is 2.66. The molecular formula is C14H15FN4O2. The number of nitro groups is 1. The summed E-state index contributed by atoms with van der Waals surface area (Å²) < 4.78 is 13.2. The van der Waals surface area contributed by atoms with E-state index in [1.807, 2.05) is 0 Å². The lowest BCUT2D eigenvalue weighted by Gasteiger charge is -2.20. The second-order valence-electron chi connectivity index (χ2n) is 4.56. The van der Waals surface area contributed by atoms with Crippen LogP contribution in [0.25, 0.3) is 0 Å². The molecule has 0 saturated heterocycles. The molecule has 2 aromatic carbocycles. The van der Waals surface area contributed by atoms with Crippen molar-refractivity contribution in [3.8, 4) is 0 Å². The van der Waals surface area contributed by atoms with Crippen LogP contribution in [0.2, 0.25) is 0 Å². The van der Waals surface area contributed by atoms with Crippen LogP contribution in [0, 0.1) is 15.9 Å². The Morgan fingerprint density at radius 2 is 2.05 bits per heavy atom. The van der Waals surface area contributed by atoms with Crippen molar-refractivity contribution in [3.05, 3.63) is 64.0 Å². The molecule has 0 bridgehead atoms.